The predicted octanol–water partition coefficient (Wildman–Crippen LogP) is 1.21. The average molecular weight is 328 g/mol. The Morgan fingerprint density at radius 2 is 2.23 bits per heavy atom. The molecule has 0 bridgehead atoms. The fourth-order valence-corrected chi connectivity index (χ4v) is 5.27. The molecule has 1 amide bonds. The predicted molar refractivity (Wildman–Crippen MR) is 88.3 cm³/mol. The first-order valence-electron chi connectivity index (χ1n) is 8.24. The highest BCUT2D eigenvalue weighted by molar-refractivity contribution is 7.91. The highest BCUT2D eigenvalue weighted by Gasteiger charge is 2.35. The Bertz CT molecular complexity index is 498. The van der Waals surface area contributed by atoms with E-state index in [1.807, 2.05) is 0 Å². The summed E-state index contributed by atoms with van der Waals surface area (Å²) in [5.41, 5.74) is 0. The zero-order valence-electron chi connectivity index (χ0n) is 13.5. The van der Waals surface area contributed by atoms with Gasteiger partial charge in [-0.05, 0) is 44.2 Å². The molecule has 5 nitrogen and oxygen atoms in total. The molecule has 2 rings (SSSR count). The van der Waals surface area contributed by atoms with Crippen LogP contribution in [0.1, 0.15) is 32.6 Å². The van der Waals surface area contributed by atoms with Gasteiger partial charge in [0.05, 0.1) is 11.5 Å². The van der Waals surface area contributed by atoms with Crippen LogP contribution in [0, 0.1) is 11.8 Å². The summed E-state index contributed by atoms with van der Waals surface area (Å²) < 4.78 is 23.3. The second kappa shape index (κ2) is 7.59. The average Bonchev–Trinajstić information content (AvgIpc) is 2.85. The van der Waals surface area contributed by atoms with Crippen LogP contribution in [-0.4, -0.2) is 56.4 Å². The molecule has 0 saturated carbocycles. The third-order valence-electron chi connectivity index (χ3n) is 4.93. The minimum Gasteiger partial charge on any atom is -0.335 e. The lowest BCUT2D eigenvalue weighted by Gasteiger charge is -2.32. The summed E-state index contributed by atoms with van der Waals surface area (Å²) in [4.78, 5) is 14.4. The highest BCUT2D eigenvalue weighted by atomic mass is 32.2. The van der Waals surface area contributed by atoms with Gasteiger partial charge in [-0.1, -0.05) is 13.0 Å². The lowest BCUT2D eigenvalue weighted by atomic mass is 9.85. The molecule has 2 aliphatic heterocycles. The van der Waals surface area contributed by atoms with E-state index < -0.39 is 9.84 Å². The molecule has 22 heavy (non-hydrogen) atoms. The van der Waals surface area contributed by atoms with Crippen LogP contribution in [0.5, 0.6) is 0 Å². The number of nitrogens with one attached hydrogen (secondary N) is 1. The first-order chi connectivity index (χ1) is 10.4. The van der Waals surface area contributed by atoms with Crippen molar-refractivity contribution in [2.24, 2.45) is 11.8 Å². The summed E-state index contributed by atoms with van der Waals surface area (Å²) in [5, 5.41) is 3.39. The van der Waals surface area contributed by atoms with Gasteiger partial charge in [0.25, 0.3) is 0 Å². The second-order valence-corrected chi connectivity index (χ2v) is 8.91. The van der Waals surface area contributed by atoms with E-state index in [1.165, 1.54) is 12.8 Å². The van der Waals surface area contributed by atoms with Crippen LogP contribution in [-0.2, 0) is 14.6 Å². The van der Waals surface area contributed by atoms with Crippen molar-refractivity contribution < 1.29 is 13.2 Å². The Labute approximate surface area is 134 Å². The van der Waals surface area contributed by atoms with E-state index in [0.717, 1.165) is 13.1 Å². The van der Waals surface area contributed by atoms with Crippen molar-refractivity contribution in [1.29, 1.82) is 0 Å². The van der Waals surface area contributed by atoms with Gasteiger partial charge in [0, 0.05) is 19.0 Å². The molecule has 2 fully saturated rings. The van der Waals surface area contributed by atoms with E-state index in [9.17, 15) is 13.2 Å². The topological polar surface area (TPSA) is 66.5 Å². The molecule has 6 heteroatoms. The van der Waals surface area contributed by atoms with Crippen LogP contribution in [0.2, 0.25) is 0 Å². The van der Waals surface area contributed by atoms with E-state index in [2.05, 4.69) is 18.8 Å². The number of carbonyl (C=O) groups is 1. The third-order valence-corrected chi connectivity index (χ3v) is 6.68. The van der Waals surface area contributed by atoms with Gasteiger partial charge < -0.3 is 10.2 Å². The Morgan fingerprint density at radius 1 is 1.45 bits per heavy atom. The number of hydrogen-bond acceptors (Lipinski definition) is 4. The van der Waals surface area contributed by atoms with Crippen LogP contribution < -0.4 is 5.32 Å². The summed E-state index contributed by atoms with van der Waals surface area (Å²) in [6.45, 7) is 8.33. The van der Waals surface area contributed by atoms with Crippen molar-refractivity contribution in [2.75, 3.05) is 31.1 Å². The van der Waals surface area contributed by atoms with Crippen molar-refractivity contribution in [2.45, 2.75) is 38.6 Å². The summed E-state index contributed by atoms with van der Waals surface area (Å²) >= 11 is 0. The number of piperidine rings is 1. The number of sulfone groups is 1. The van der Waals surface area contributed by atoms with Crippen LogP contribution in [0.3, 0.4) is 0 Å². The molecule has 0 aliphatic carbocycles. The third kappa shape index (κ3) is 4.56. The van der Waals surface area contributed by atoms with Crippen molar-refractivity contribution in [3.05, 3.63) is 12.7 Å². The maximum absolute atomic E-state index is 12.6. The van der Waals surface area contributed by atoms with E-state index in [1.54, 1.807) is 11.0 Å². The molecule has 0 aromatic carbocycles. The maximum Gasteiger partial charge on any atom is 0.223 e. The summed E-state index contributed by atoms with van der Waals surface area (Å²) in [6, 6.07) is -0.174. The minimum absolute atomic E-state index is 0.0695. The van der Waals surface area contributed by atoms with E-state index in [-0.39, 0.29) is 23.5 Å². The Hall–Kier alpha value is -0.880. The lowest BCUT2D eigenvalue weighted by molar-refractivity contribution is -0.133. The van der Waals surface area contributed by atoms with Crippen LogP contribution in [0.4, 0.5) is 0 Å². The summed E-state index contributed by atoms with van der Waals surface area (Å²) in [5.74, 6) is 1.23. The summed E-state index contributed by atoms with van der Waals surface area (Å²) in [6.07, 6.45) is 5.08. The van der Waals surface area contributed by atoms with Gasteiger partial charge in [0.15, 0.2) is 9.84 Å². The highest BCUT2D eigenvalue weighted by Crippen LogP contribution is 2.25. The molecular weight excluding hydrogens is 300 g/mol. The van der Waals surface area contributed by atoms with Crippen molar-refractivity contribution in [3.63, 3.8) is 0 Å². The lowest BCUT2D eigenvalue weighted by Crippen LogP contribution is -2.43. The normalized spacial score (nSPS) is 29.0. The monoisotopic (exact) mass is 328 g/mol. The number of hydrogen-bond donors (Lipinski definition) is 1. The first-order valence-corrected chi connectivity index (χ1v) is 10.1. The Kier molecular flexibility index (Phi) is 6.03. The number of carbonyl (C=O) groups excluding carboxylic acids is 1. The van der Waals surface area contributed by atoms with Gasteiger partial charge in [0.2, 0.25) is 5.91 Å². The quantitative estimate of drug-likeness (QED) is 0.745. The zero-order chi connectivity index (χ0) is 16.2. The number of amides is 1. The van der Waals surface area contributed by atoms with Gasteiger partial charge in [-0.2, -0.15) is 0 Å². The van der Waals surface area contributed by atoms with E-state index in [4.69, 9.17) is 0 Å². The van der Waals surface area contributed by atoms with E-state index >= 15 is 0 Å². The smallest absolute Gasteiger partial charge is 0.223 e. The maximum atomic E-state index is 12.6. The molecular formula is C16H28N2O3S. The molecule has 0 radical (unpaired) electrons. The standard InChI is InChI=1S/C16H28N2O3S/c1-3-8-18(15-6-9-22(20,21)12-15)16(19)10-13(2)14-5-4-7-17-11-14/h3,13-15,17H,1,4-12H2,2H3. The van der Waals surface area contributed by atoms with E-state index in [0.29, 0.717) is 31.2 Å². The van der Waals surface area contributed by atoms with Gasteiger partial charge >= 0.3 is 0 Å². The number of rotatable bonds is 6. The van der Waals surface area contributed by atoms with Gasteiger partial charge in [-0.25, -0.2) is 8.42 Å². The molecule has 126 valence electrons. The van der Waals surface area contributed by atoms with Crippen molar-refractivity contribution in [1.82, 2.24) is 10.2 Å². The molecule has 0 spiro atoms. The molecule has 3 unspecified atom stereocenters. The van der Waals surface area contributed by atoms with Crippen LogP contribution >= 0.6 is 0 Å². The Morgan fingerprint density at radius 3 is 2.77 bits per heavy atom. The number of nitrogens with zero attached hydrogens (tertiary/aromatic N) is 1. The SMILES string of the molecule is C=CCN(C(=O)CC(C)C1CCCNC1)C1CCS(=O)(=O)C1. The van der Waals surface area contributed by atoms with Crippen LogP contribution in [0.25, 0.3) is 0 Å². The second-order valence-electron chi connectivity index (χ2n) is 6.68. The molecule has 2 heterocycles. The summed E-state index contributed by atoms with van der Waals surface area (Å²) in [7, 11) is -2.98. The molecule has 3 atom stereocenters. The first kappa shape index (κ1) is 17.5. The van der Waals surface area contributed by atoms with Crippen LogP contribution in [0.15, 0.2) is 12.7 Å². The van der Waals surface area contributed by atoms with Crippen molar-refractivity contribution >= 4 is 15.7 Å². The molecule has 2 saturated heterocycles. The van der Waals surface area contributed by atoms with Gasteiger partial charge in [-0.3, -0.25) is 4.79 Å². The van der Waals surface area contributed by atoms with Gasteiger partial charge in [0.1, 0.15) is 0 Å². The van der Waals surface area contributed by atoms with Crippen molar-refractivity contribution in [3.8, 4) is 0 Å². The molecule has 0 aromatic rings. The fraction of sp³-hybridized carbons (Fsp3) is 0.812. The Balaban J connectivity index is 1.95. The molecule has 1 N–H and O–H groups in total. The zero-order valence-corrected chi connectivity index (χ0v) is 14.3. The minimum atomic E-state index is -2.98. The largest absolute Gasteiger partial charge is 0.335 e. The molecule has 0 aromatic heterocycles. The fourth-order valence-electron chi connectivity index (χ4n) is 3.54. The van der Waals surface area contributed by atoms with Gasteiger partial charge in [-0.15, -0.1) is 6.58 Å². The molecule has 2 aliphatic rings.